The summed E-state index contributed by atoms with van der Waals surface area (Å²) in [5.41, 5.74) is 0.0570. The van der Waals surface area contributed by atoms with E-state index in [1.165, 1.54) is 29.2 Å². The molecule has 3 atom stereocenters. The highest BCUT2D eigenvalue weighted by atomic mass is 16.6. The Kier molecular flexibility index (Phi) is 15.7. The fourth-order valence-corrected chi connectivity index (χ4v) is 5.80. The molecule has 0 saturated carbocycles. The molecular weight excluding hydrogens is 674 g/mol. The summed E-state index contributed by atoms with van der Waals surface area (Å²) in [5.74, 6) is -1.94. The minimum absolute atomic E-state index is 0.0214. The maximum atomic E-state index is 14.9. The molecule has 3 rings (SSSR count). The van der Waals surface area contributed by atoms with Crippen molar-refractivity contribution in [2.75, 3.05) is 6.54 Å². The normalized spacial score (nSPS) is 13.3. The third kappa shape index (κ3) is 14.8. The van der Waals surface area contributed by atoms with Crippen molar-refractivity contribution in [1.29, 1.82) is 0 Å². The van der Waals surface area contributed by atoms with Crippen LogP contribution >= 0.6 is 0 Å². The van der Waals surface area contributed by atoms with Gasteiger partial charge in [0.15, 0.2) is 0 Å². The van der Waals surface area contributed by atoms with Crippen LogP contribution in [-0.2, 0) is 36.7 Å². The number of phenolic OH excluding ortho intramolecular Hbond substituents is 2. The quantitative estimate of drug-likeness (QED) is 0.0844. The van der Waals surface area contributed by atoms with Crippen LogP contribution in [0.25, 0.3) is 0 Å². The molecule has 0 bridgehead atoms. The number of ether oxygens (including phenoxy) is 2. The van der Waals surface area contributed by atoms with Gasteiger partial charge in [-0.05, 0) is 88.9 Å². The number of amides is 3. The van der Waals surface area contributed by atoms with Crippen LogP contribution in [0.1, 0.15) is 103 Å². The van der Waals surface area contributed by atoms with Gasteiger partial charge in [-0.3, -0.25) is 9.59 Å². The molecule has 0 aliphatic heterocycles. The van der Waals surface area contributed by atoms with Crippen molar-refractivity contribution in [2.24, 2.45) is 0 Å². The molecule has 11 nitrogen and oxygen atoms in total. The van der Waals surface area contributed by atoms with Crippen LogP contribution in [-0.4, -0.2) is 68.8 Å². The Labute approximate surface area is 314 Å². The second-order valence-electron chi connectivity index (χ2n) is 15.3. The number of hydrogen-bond acceptors (Lipinski definition) is 8. The molecule has 3 aromatic carbocycles. The van der Waals surface area contributed by atoms with Crippen molar-refractivity contribution in [2.45, 2.75) is 123 Å². The lowest BCUT2D eigenvalue weighted by atomic mass is 9.98. The van der Waals surface area contributed by atoms with Crippen LogP contribution in [0.4, 0.5) is 4.79 Å². The molecule has 0 heterocycles. The Hall–Kier alpha value is -5.06. The minimum Gasteiger partial charge on any atom is -0.508 e. The van der Waals surface area contributed by atoms with E-state index in [2.05, 4.69) is 17.6 Å². The molecule has 3 amide bonds. The van der Waals surface area contributed by atoms with Crippen LogP contribution in [0.5, 0.6) is 11.5 Å². The number of aromatic hydroxyl groups is 2. The molecule has 4 N–H and O–H groups in total. The first-order chi connectivity index (χ1) is 25.0. The van der Waals surface area contributed by atoms with Gasteiger partial charge in [-0.2, -0.15) is 0 Å². The molecular formula is C42H57N3O8. The SMILES string of the molecule is CCCCCCCN(C(=O)C(Cc1ccc(O)cc1)NC(=O)OC(C)(C)C)C(C(=O)NC(Cc1ccccc1)C(=O)OC(C)(C)C)c1cccc(O)c1. The number of nitrogens with zero attached hydrogens (tertiary/aromatic N) is 1. The van der Waals surface area contributed by atoms with E-state index in [0.717, 1.165) is 31.2 Å². The standard InChI is InChI=1S/C42H57N3O8/c1-8-9-10-11-15-25-45(38(49)34(44-40(51)53-42(5,6)7)26-30-21-23-32(46)24-22-30)36(31-19-16-20-33(47)28-31)37(48)43-35(39(50)52-41(2,3)4)27-29-17-13-12-14-18-29/h12-14,16-24,28,34-36,46-47H,8-11,15,25-27H2,1-7H3,(H,43,48)(H,44,51). The number of unbranched alkanes of at least 4 members (excludes halogenated alkanes) is 4. The maximum absolute atomic E-state index is 14.9. The van der Waals surface area contributed by atoms with Gasteiger partial charge in [0, 0.05) is 19.4 Å². The molecule has 0 spiro atoms. The Bertz CT molecular complexity index is 1630. The van der Waals surface area contributed by atoms with Crippen molar-refractivity contribution in [1.82, 2.24) is 15.5 Å². The molecule has 0 aromatic heterocycles. The highest BCUT2D eigenvalue weighted by molar-refractivity contribution is 5.94. The first-order valence-corrected chi connectivity index (χ1v) is 18.4. The number of carbonyl (C=O) groups excluding carboxylic acids is 4. The first kappa shape index (κ1) is 42.4. The van der Waals surface area contributed by atoms with Crippen LogP contribution in [0.15, 0.2) is 78.9 Å². The summed E-state index contributed by atoms with van der Waals surface area (Å²) in [5, 5.41) is 26.1. The van der Waals surface area contributed by atoms with E-state index in [0.29, 0.717) is 17.5 Å². The lowest BCUT2D eigenvalue weighted by Gasteiger charge is -2.35. The number of rotatable bonds is 17. The van der Waals surface area contributed by atoms with E-state index in [1.807, 2.05) is 30.3 Å². The fourth-order valence-electron chi connectivity index (χ4n) is 5.80. The summed E-state index contributed by atoms with van der Waals surface area (Å²) in [7, 11) is 0. The Morgan fingerprint density at radius 1 is 0.679 bits per heavy atom. The van der Waals surface area contributed by atoms with Gasteiger partial charge >= 0.3 is 12.1 Å². The fraction of sp³-hybridized carbons (Fsp3) is 0.476. The van der Waals surface area contributed by atoms with Gasteiger partial charge in [0.05, 0.1) is 0 Å². The Morgan fingerprint density at radius 2 is 1.28 bits per heavy atom. The van der Waals surface area contributed by atoms with E-state index in [1.54, 1.807) is 65.8 Å². The lowest BCUT2D eigenvalue weighted by molar-refractivity contribution is -0.159. The highest BCUT2D eigenvalue weighted by Crippen LogP contribution is 2.28. The molecule has 11 heteroatoms. The van der Waals surface area contributed by atoms with Gasteiger partial charge in [0.25, 0.3) is 0 Å². The molecule has 0 fully saturated rings. The van der Waals surface area contributed by atoms with Gasteiger partial charge < -0.3 is 35.2 Å². The van der Waals surface area contributed by atoms with E-state index < -0.39 is 53.2 Å². The average Bonchev–Trinajstić information content (AvgIpc) is 3.06. The van der Waals surface area contributed by atoms with E-state index in [-0.39, 0.29) is 30.9 Å². The van der Waals surface area contributed by atoms with Gasteiger partial charge in [0.1, 0.15) is 40.8 Å². The van der Waals surface area contributed by atoms with Crippen LogP contribution in [0.2, 0.25) is 0 Å². The van der Waals surface area contributed by atoms with Crippen LogP contribution in [0, 0.1) is 0 Å². The van der Waals surface area contributed by atoms with Crippen LogP contribution < -0.4 is 10.6 Å². The maximum Gasteiger partial charge on any atom is 0.408 e. The zero-order valence-electron chi connectivity index (χ0n) is 32.2. The summed E-state index contributed by atoms with van der Waals surface area (Å²) in [6, 6.07) is 18.0. The lowest BCUT2D eigenvalue weighted by Crippen LogP contribution is -2.55. The second-order valence-corrected chi connectivity index (χ2v) is 15.3. The van der Waals surface area contributed by atoms with Gasteiger partial charge in [-0.1, -0.05) is 87.2 Å². The number of hydrogen-bond donors (Lipinski definition) is 4. The zero-order valence-corrected chi connectivity index (χ0v) is 32.2. The minimum atomic E-state index is -1.32. The number of esters is 1. The summed E-state index contributed by atoms with van der Waals surface area (Å²) in [4.78, 5) is 57.8. The summed E-state index contributed by atoms with van der Waals surface area (Å²) in [6.07, 6.45) is 3.60. The molecule has 0 aliphatic carbocycles. The smallest absolute Gasteiger partial charge is 0.408 e. The van der Waals surface area contributed by atoms with Crippen molar-refractivity contribution in [3.8, 4) is 11.5 Å². The molecule has 53 heavy (non-hydrogen) atoms. The molecule has 3 aromatic rings. The topological polar surface area (TPSA) is 154 Å². The highest BCUT2D eigenvalue weighted by Gasteiger charge is 2.38. The first-order valence-electron chi connectivity index (χ1n) is 18.4. The monoisotopic (exact) mass is 731 g/mol. The van der Waals surface area contributed by atoms with E-state index in [9.17, 15) is 29.4 Å². The summed E-state index contributed by atoms with van der Waals surface area (Å²) >= 11 is 0. The molecule has 0 aliphatic rings. The molecule has 0 radical (unpaired) electrons. The molecule has 3 unspecified atom stereocenters. The third-order valence-corrected chi connectivity index (χ3v) is 8.19. The number of phenols is 2. The van der Waals surface area contributed by atoms with Crippen LogP contribution in [0.3, 0.4) is 0 Å². The van der Waals surface area contributed by atoms with E-state index in [4.69, 9.17) is 9.47 Å². The Morgan fingerprint density at radius 3 is 1.89 bits per heavy atom. The summed E-state index contributed by atoms with van der Waals surface area (Å²) < 4.78 is 11.3. The number of nitrogens with one attached hydrogen (secondary N) is 2. The van der Waals surface area contributed by atoms with Gasteiger partial charge in [-0.15, -0.1) is 0 Å². The molecule has 0 saturated heterocycles. The molecule has 288 valence electrons. The largest absolute Gasteiger partial charge is 0.508 e. The van der Waals surface area contributed by atoms with Crippen molar-refractivity contribution in [3.05, 3.63) is 95.6 Å². The van der Waals surface area contributed by atoms with Gasteiger partial charge in [0.2, 0.25) is 11.8 Å². The van der Waals surface area contributed by atoms with Crippen molar-refractivity contribution >= 4 is 23.9 Å². The average molecular weight is 732 g/mol. The van der Waals surface area contributed by atoms with Crippen molar-refractivity contribution in [3.63, 3.8) is 0 Å². The predicted molar refractivity (Wildman–Crippen MR) is 204 cm³/mol. The summed E-state index contributed by atoms with van der Waals surface area (Å²) in [6.45, 7) is 12.6. The number of carbonyl (C=O) groups is 4. The number of alkyl carbamates (subject to hydrolysis) is 1. The third-order valence-electron chi connectivity index (χ3n) is 8.19. The predicted octanol–water partition coefficient (Wildman–Crippen LogP) is 7.14. The van der Waals surface area contributed by atoms with Crippen molar-refractivity contribution < 1.29 is 38.9 Å². The van der Waals surface area contributed by atoms with E-state index >= 15 is 0 Å². The van der Waals surface area contributed by atoms with Gasteiger partial charge in [-0.25, -0.2) is 9.59 Å². The number of benzene rings is 3. The zero-order chi connectivity index (χ0) is 39.2. The second kappa shape index (κ2) is 19.7. The Balaban J connectivity index is 2.13.